The van der Waals surface area contributed by atoms with Crippen molar-refractivity contribution >= 4 is 12.0 Å². The number of pyridine rings is 1. The molecule has 2 aliphatic carbocycles. The SMILES string of the molecule is C=C/C(=C\C1=C(NC)c2nc(C3CC3)c(CC=O)cc2CC1C(C)C)C(C)=C(C)C. The maximum atomic E-state index is 11.3. The Labute approximate surface area is 182 Å². The van der Waals surface area contributed by atoms with Gasteiger partial charge in [0, 0.05) is 25.1 Å². The van der Waals surface area contributed by atoms with Crippen LogP contribution in [-0.4, -0.2) is 18.3 Å². The molecule has 160 valence electrons. The normalized spacial score (nSPS) is 18.9. The van der Waals surface area contributed by atoms with Gasteiger partial charge in [-0.05, 0) is 85.8 Å². The summed E-state index contributed by atoms with van der Waals surface area (Å²) in [6.07, 6.45) is 9.06. The Hall–Kier alpha value is -2.42. The molecule has 1 aromatic rings. The largest absolute Gasteiger partial charge is 0.386 e. The molecular formula is C27H36N2O. The number of rotatable bonds is 8. The van der Waals surface area contributed by atoms with Crippen molar-refractivity contribution in [2.75, 3.05) is 7.05 Å². The molecule has 0 amide bonds. The van der Waals surface area contributed by atoms with Gasteiger partial charge in [0.05, 0.1) is 11.4 Å². The molecule has 0 aromatic carbocycles. The van der Waals surface area contributed by atoms with Crippen molar-refractivity contribution in [2.45, 2.75) is 66.2 Å². The monoisotopic (exact) mass is 404 g/mol. The number of hydrogen-bond acceptors (Lipinski definition) is 3. The van der Waals surface area contributed by atoms with Gasteiger partial charge in [-0.25, -0.2) is 0 Å². The van der Waals surface area contributed by atoms with Crippen LogP contribution in [0.15, 0.2) is 47.1 Å². The van der Waals surface area contributed by atoms with Crippen LogP contribution in [0.5, 0.6) is 0 Å². The highest BCUT2D eigenvalue weighted by molar-refractivity contribution is 5.74. The summed E-state index contributed by atoms with van der Waals surface area (Å²) in [6.45, 7) is 15.1. The molecule has 1 unspecified atom stereocenters. The van der Waals surface area contributed by atoms with Gasteiger partial charge in [0.1, 0.15) is 6.29 Å². The van der Waals surface area contributed by atoms with Crippen molar-refractivity contribution in [1.29, 1.82) is 0 Å². The summed E-state index contributed by atoms with van der Waals surface area (Å²) in [5.74, 6) is 1.39. The number of carbonyl (C=O) groups is 1. The minimum atomic E-state index is 0.387. The highest BCUT2D eigenvalue weighted by Gasteiger charge is 2.33. The van der Waals surface area contributed by atoms with E-state index >= 15 is 0 Å². The molecule has 1 atom stereocenters. The number of allylic oxidation sites excluding steroid dienone is 6. The maximum Gasteiger partial charge on any atom is 0.124 e. The molecule has 0 aliphatic heterocycles. The molecular weight excluding hydrogens is 368 g/mol. The molecule has 1 heterocycles. The van der Waals surface area contributed by atoms with E-state index in [1.807, 2.05) is 13.1 Å². The number of fused-ring (bicyclic) bond motifs is 1. The Kier molecular flexibility index (Phi) is 6.80. The van der Waals surface area contributed by atoms with Gasteiger partial charge in [-0.1, -0.05) is 38.1 Å². The van der Waals surface area contributed by atoms with Crippen LogP contribution in [0.3, 0.4) is 0 Å². The van der Waals surface area contributed by atoms with E-state index in [9.17, 15) is 4.79 Å². The standard InChI is InChI=1S/C27H36N2O/c1-8-19(18(6)16(2)3)14-24-23(17(4)5)15-22-13-21(11-12-30)25(20-9-10-20)29-26(22)27(24)28-7/h8,12-14,17,20,23,28H,1,9-11,15H2,2-7H3/b19-14+. The third-order valence-electron chi connectivity index (χ3n) is 6.61. The summed E-state index contributed by atoms with van der Waals surface area (Å²) in [4.78, 5) is 16.4. The molecule has 0 radical (unpaired) electrons. The van der Waals surface area contributed by atoms with Gasteiger partial charge in [-0.15, -0.1) is 0 Å². The van der Waals surface area contributed by atoms with Crippen LogP contribution in [0.2, 0.25) is 0 Å². The van der Waals surface area contributed by atoms with E-state index in [0.717, 1.165) is 35.4 Å². The zero-order valence-electron chi connectivity index (χ0n) is 19.4. The Morgan fingerprint density at radius 3 is 2.50 bits per heavy atom. The summed E-state index contributed by atoms with van der Waals surface area (Å²) in [5.41, 5.74) is 10.8. The molecule has 3 nitrogen and oxygen atoms in total. The number of carbonyl (C=O) groups excluding carboxylic acids is 1. The van der Waals surface area contributed by atoms with Gasteiger partial charge in [0.15, 0.2) is 0 Å². The third-order valence-corrected chi connectivity index (χ3v) is 6.61. The summed E-state index contributed by atoms with van der Waals surface area (Å²) in [5, 5.41) is 3.48. The first-order chi connectivity index (χ1) is 14.3. The van der Waals surface area contributed by atoms with Gasteiger partial charge < -0.3 is 10.1 Å². The van der Waals surface area contributed by atoms with Crippen LogP contribution in [-0.2, 0) is 17.6 Å². The first kappa shape index (κ1) is 22.3. The molecule has 30 heavy (non-hydrogen) atoms. The van der Waals surface area contributed by atoms with Gasteiger partial charge in [0.2, 0.25) is 0 Å². The Balaban J connectivity index is 2.25. The van der Waals surface area contributed by atoms with E-state index in [1.54, 1.807) is 0 Å². The van der Waals surface area contributed by atoms with Gasteiger partial charge in [0.25, 0.3) is 0 Å². The topological polar surface area (TPSA) is 42.0 Å². The Morgan fingerprint density at radius 2 is 2.00 bits per heavy atom. The van der Waals surface area contributed by atoms with E-state index in [1.165, 1.54) is 40.7 Å². The molecule has 1 N–H and O–H groups in total. The van der Waals surface area contributed by atoms with Crippen LogP contribution in [0.25, 0.3) is 5.70 Å². The number of nitrogens with one attached hydrogen (secondary N) is 1. The van der Waals surface area contributed by atoms with Gasteiger partial charge >= 0.3 is 0 Å². The van der Waals surface area contributed by atoms with Crippen molar-refractivity contribution in [1.82, 2.24) is 10.3 Å². The van der Waals surface area contributed by atoms with Crippen LogP contribution >= 0.6 is 0 Å². The van der Waals surface area contributed by atoms with Crippen LogP contribution in [0.4, 0.5) is 0 Å². The quantitative estimate of drug-likeness (QED) is 0.431. The second-order valence-electron chi connectivity index (χ2n) is 9.25. The lowest BCUT2D eigenvalue weighted by Crippen LogP contribution is -2.26. The summed E-state index contributed by atoms with van der Waals surface area (Å²) < 4.78 is 0. The smallest absolute Gasteiger partial charge is 0.124 e. The predicted octanol–water partition coefficient (Wildman–Crippen LogP) is 5.93. The first-order valence-electron chi connectivity index (χ1n) is 11.2. The summed E-state index contributed by atoms with van der Waals surface area (Å²) in [6, 6.07) is 2.26. The molecule has 1 fully saturated rings. The van der Waals surface area contributed by atoms with Gasteiger partial charge in [-0.2, -0.15) is 0 Å². The number of nitrogens with zero attached hydrogens (tertiary/aromatic N) is 1. The van der Waals surface area contributed by atoms with E-state index in [2.05, 4.69) is 58.7 Å². The molecule has 0 saturated heterocycles. The zero-order chi connectivity index (χ0) is 22.0. The molecule has 1 saturated carbocycles. The summed E-state index contributed by atoms with van der Waals surface area (Å²) >= 11 is 0. The average molecular weight is 405 g/mol. The molecule has 3 rings (SSSR count). The van der Waals surface area contributed by atoms with Crippen molar-refractivity contribution in [3.05, 3.63) is 69.6 Å². The Bertz CT molecular complexity index is 938. The number of hydrogen-bond donors (Lipinski definition) is 1. The fraction of sp³-hybridized carbons (Fsp3) is 0.481. The lowest BCUT2D eigenvalue weighted by Gasteiger charge is -2.32. The molecule has 1 aromatic heterocycles. The molecule has 3 heteroatoms. The van der Waals surface area contributed by atoms with Crippen LogP contribution in [0.1, 0.15) is 75.9 Å². The van der Waals surface area contributed by atoms with E-state index < -0.39 is 0 Å². The predicted molar refractivity (Wildman–Crippen MR) is 126 cm³/mol. The van der Waals surface area contributed by atoms with E-state index in [0.29, 0.717) is 24.2 Å². The van der Waals surface area contributed by atoms with E-state index in [4.69, 9.17) is 4.98 Å². The molecule has 0 bridgehead atoms. The lowest BCUT2D eigenvalue weighted by atomic mass is 9.75. The van der Waals surface area contributed by atoms with Crippen molar-refractivity contribution in [2.24, 2.45) is 11.8 Å². The highest BCUT2D eigenvalue weighted by Crippen LogP contribution is 2.44. The minimum absolute atomic E-state index is 0.387. The summed E-state index contributed by atoms with van der Waals surface area (Å²) in [7, 11) is 1.99. The maximum absolute atomic E-state index is 11.3. The van der Waals surface area contributed by atoms with Crippen molar-refractivity contribution < 1.29 is 4.79 Å². The molecule has 2 aliphatic rings. The minimum Gasteiger partial charge on any atom is -0.386 e. The second kappa shape index (κ2) is 9.16. The van der Waals surface area contributed by atoms with Crippen molar-refractivity contribution in [3.63, 3.8) is 0 Å². The van der Waals surface area contributed by atoms with Crippen LogP contribution < -0.4 is 5.32 Å². The lowest BCUT2D eigenvalue weighted by molar-refractivity contribution is -0.107. The molecule has 0 spiro atoms. The van der Waals surface area contributed by atoms with Crippen LogP contribution in [0, 0.1) is 11.8 Å². The van der Waals surface area contributed by atoms with Crippen molar-refractivity contribution in [3.8, 4) is 0 Å². The number of aromatic nitrogens is 1. The fourth-order valence-electron chi connectivity index (χ4n) is 4.43. The second-order valence-corrected chi connectivity index (χ2v) is 9.25. The van der Waals surface area contributed by atoms with E-state index in [-0.39, 0.29) is 0 Å². The zero-order valence-corrected chi connectivity index (χ0v) is 19.4. The first-order valence-corrected chi connectivity index (χ1v) is 11.2. The Morgan fingerprint density at radius 1 is 1.30 bits per heavy atom. The third kappa shape index (κ3) is 4.35. The number of aldehydes is 1. The fourth-order valence-corrected chi connectivity index (χ4v) is 4.43. The van der Waals surface area contributed by atoms with Gasteiger partial charge in [-0.3, -0.25) is 4.98 Å². The highest BCUT2D eigenvalue weighted by atomic mass is 16.1. The average Bonchev–Trinajstić information content (AvgIpc) is 3.55.